The second-order valence-corrected chi connectivity index (χ2v) is 13.1. The number of hydrogen-bond acceptors (Lipinski definition) is 4. The van der Waals surface area contributed by atoms with Gasteiger partial charge in [-0.15, -0.1) is 0 Å². The lowest BCUT2D eigenvalue weighted by molar-refractivity contribution is 0.428. The van der Waals surface area contributed by atoms with Gasteiger partial charge in [-0.3, -0.25) is 4.98 Å². The van der Waals surface area contributed by atoms with Crippen molar-refractivity contribution >= 4 is 64.3 Å². The van der Waals surface area contributed by atoms with E-state index in [0.29, 0.717) is 5.92 Å². The fraction of sp³-hybridized carbons (Fsp3) is 0.0714. The highest BCUT2D eigenvalue weighted by Crippen LogP contribution is 2.46. The largest absolute Gasteiger partial charge is 0.459 e. The van der Waals surface area contributed by atoms with Crippen molar-refractivity contribution in [2.45, 2.75) is 13.3 Å². The van der Waals surface area contributed by atoms with Crippen LogP contribution < -0.4 is 36.8 Å². The van der Waals surface area contributed by atoms with Crippen LogP contribution in [-0.2, 0) is 0 Å². The molecule has 0 saturated heterocycles. The smallest absolute Gasteiger partial charge is 0.255 e. The molecular formula is C42H30B2N3O. The summed E-state index contributed by atoms with van der Waals surface area (Å²) < 4.78 is 6.97. The number of anilines is 5. The summed E-state index contributed by atoms with van der Waals surface area (Å²) in [6, 6.07) is 41.3. The monoisotopic (exact) mass is 614 g/mol. The first kappa shape index (κ1) is 27.4. The van der Waals surface area contributed by atoms with E-state index >= 15 is 0 Å². The van der Waals surface area contributed by atoms with Crippen molar-refractivity contribution in [3.8, 4) is 28.0 Å². The summed E-state index contributed by atoms with van der Waals surface area (Å²) in [7, 11) is 2.38. The van der Waals surface area contributed by atoms with E-state index in [9.17, 15) is 0 Å². The molecule has 0 bridgehead atoms. The molecule has 1 unspecified atom stereocenters. The van der Waals surface area contributed by atoms with E-state index in [0.717, 1.165) is 51.6 Å². The standard InChI is InChI=1S/C42H30B2N3O/c1-26-15-18-34-38(23-26)48-39-25-31(30-17-16-28(27-19-21-45-22-20-27)24-35(30)46-29-9-3-2-4-10-29)40-42-41(39)44(34)33-12-6-8-14-37(33)47(42)36-13-7-5-11-32(36)43-40/h2-14,16-26,46H,15H2,1H3. The van der Waals surface area contributed by atoms with E-state index in [-0.39, 0.29) is 6.71 Å². The van der Waals surface area contributed by atoms with Crippen LogP contribution in [0.1, 0.15) is 13.3 Å². The number of nitrogens with one attached hydrogen (secondary N) is 1. The minimum absolute atomic E-state index is 0.109. The van der Waals surface area contributed by atoms with E-state index in [1.54, 1.807) is 0 Å². The second-order valence-electron chi connectivity index (χ2n) is 13.1. The summed E-state index contributed by atoms with van der Waals surface area (Å²) in [6.45, 7) is 2.38. The molecule has 0 fully saturated rings. The van der Waals surface area contributed by atoms with Gasteiger partial charge in [0.15, 0.2) is 7.28 Å². The lowest BCUT2D eigenvalue weighted by Crippen LogP contribution is -2.59. The van der Waals surface area contributed by atoms with Crippen LogP contribution in [0.25, 0.3) is 22.3 Å². The number of pyridine rings is 1. The van der Waals surface area contributed by atoms with Gasteiger partial charge in [-0.25, -0.2) is 0 Å². The van der Waals surface area contributed by atoms with Crippen molar-refractivity contribution in [2.75, 3.05) is 10.2 Å². The lowest BCUT2D eigenvalue weighted by Gasteiger charge is -2.45. The van der Waals surface area contributed by atoms with Crippen molar-refractivity contribution in [2.24, 2.45) is 5.92 Å². The quantitative estimate of drug-likeness (QED) is 0.211. The van der Waals surface area contributed by atoms with Gasteiger partial charge in [0.05, 0.1) is 0 Å². The number of allylic oxidation sites excluding steroid dienone is 3. The number of hydrogen-bond donors (Lipinski definition) is 1. The lowest BCUT2D eigenvalue weighted by atomic mass is 9.32. The number of rotatable bonds is 4. The fourth-order valence-corrected chi connectivity index (χ4v) is 7.99. The number of nitrogens with zero attached hydrogens (tertiary/aromatic N) is 2. The molecule has 1 N–H and O–H groups in total. The van der Waals surface area contributed by atoms with E-state index in [4.69, 9.17) is 4.74 Å². The average molecular weight is 614 g/mol. The third kappa shape index (κ3) is 4.15. The van der Waals surface area contributed by atoms with Crippen LogP contribution in [-0.4, -0.2) is 19.0 Å². The maximum absolute atomic E-state index is 6.97. The molecule has 3 aliphatic heterocycles. The summed E-state index contributed by atoms with van der Waals surface area (Å²) in [5.74, 6) is 2.36. The van der Waals surface area contributed by atoms with Crippen molar-refractivity contribution in [3.05, 3.63) is 151 Å². The maximum Gasteiger partial charge on any atom is 0.255 e. The van der Waals surface area contributed by atoms with E-state index in [1.807, 2.05) is 18.5 Å². The van der Waals surface area contributed by atoms with Crippen LogP contribution >= 0.6 is 0 Å². The molecule has 225 valence electrons. The van der Waals surface area contributed by atoms with Gasteiger partial charge in [0.2, 0.25) is 0 Å². The highest BCUT2D eigenvalue weighted by molar-refractivity contribution is 6.96. The minimum Gasteiger partial charge on any atom is -0.459 e. The molecule has 6 aromatic rings. The Kier molecular flexibility index (Phi) is 6.07. The van der Waals surface area contributed by atoms with Crippen LogP contribution in [0.3, 0.4) is 0 Å². The molecule has 0 saturated carbocycles. The van der Waals surface area contributed by atoms with Crippen molar-refractivity contribution < 1.29 is 4.74 Å². The van der Waals surface area contributed by atoms with Crippen molar-refractivity contribution in [1.29, 1.82) is 0 Å². The van der Waals surface area contributed by atoms with Gasteiger partial charge in [-0.1, -0.05) is 90.7 Å². The van der Waals surface area contributed by atoms with Crippen LogP contribution in [0.15, 0.2) is 151 Å². The van der Waals surface area contributed by atoms with Gasteiger partial charge in [-0.2, -0.15) is 0 Å². The summed E-state index contributed by atoms with van der Waals surface area (Å²) >= 11 is 0. The molecule has 0 amide bonds. The first-order valence-corrected chi connectivity index (χ1v) is 16.7. The summed E-state index contributed by atoms with van der Waals surface area (Å²) in [5, 5.41) is 3.78. The number of para-hydroxylation sites is 3. The van der Waals surface area contributed by atoms with Crippen LogP contribution in [0.4, 0.5) is 28.4 Å². The molecule has 4 nitrogen and oxygen atoms in total. The fourth-order valence-electron chi connectivity index (χ4n) is 7.99. The summed E-state index contributed by atoms with van der Waals surface area (Å²) in [5.41, 5.74) is 16.5. The molecular weight excluding hydrogens is 584 g/mol. The average Bonchev–Trinajstić information content (AvgIpc) is 3.14. The molecule has 1 radical (unpaired) electrons. The SMILES string of the molecule is CC1C=C2Oc3cc(-c4ccc(-c5ccncc5)cc4Nc4ccccc4)c4c5c3B(C2=CC1)c1ccccc1N5c1ccccc1[B]4. The first-order valence-electron chi connectivity index (χ1n) is 16.7. The Balaban J connectivity index is 1.27. The van der Waals surface area contributed by atoms with Crippen molar-refractivity contribution in [1.82, 2.24) is 4.98 Å². The Morgan fingerprint density at radius 2 is 1.60 bits per heavy atom. The Hall–Kier alpha value is -5.74. The minimum atomic E-state index is 0.109. The molecule has 4 heterocycles. The molecule has 4 aliphatic rings. The molecule has 1 aliphatic carbocycles. The van der Waals surface area contributed by atoms with Gasteiger partial charge >= 0.3 is 0 Å². The number of benzene rings is 5. The Labute approximate surface area is 281 Å². The highest BCUT2D eigenvalue weighted by Gasteiger charge is 2.46. The topological polar surface area (TPSA) is 37.4 Å². The van der Waals surface area contributed by atoms with E-state index < -0.39 is 0 Å². The maximum atomic E-state index is 6.97. The van der Waals surface area contributed by atoms with Gasteiger partial charge < -0.3 is 15.0 Å². The number of ether oxygens (including phenoxy) is 1. The zero-order valence-corrected chi connectivity index (χ0v) is 26.5. The molecule has 10 rings (SSSR count). The molecule has 48 heavy (non-hydrogen) atoms. The third-order valence-corrected chi connectivity index (χ3v) is 10.2. The molecule has 5 aromatic carbocycles. The Morgan fingerprint density at radius 1 is 0.812 bits per heavy atom. The summed E-state index contributed by atoms with van der Waals surface area (Å²) in [6.07, 6.45) is 9.46. The number of fused-ring (bicyclic) bond motifs is 7. The highest BCUT2D eigenvalue weighted by atomic mass is 16.5. The normalized spacial score (nSPS) is 16.2. The zero-order valence-electron chi connectivity index (χ0n) is 26.5. The third-order valence-electron chi connectivity index (χ3n) is 10.2. The van der Waals surface area contributed by atoms with E-state index in [2.05, 4.69) is 151 Å². The molecule has 6 heteroatoms. The Morgan fingerprint density at radius 3 is 2.48 bits per heavy atom. The predicted molar refractivity (Wildman–Crippen MR) is 200 cm³/mol. The van der Waals surface area contributed by atoms with Gasteiger partial charge in [0.25, 0.3) is 6.71 Å². The molecule has 1 aromatic heterocycles. The number of aromatic nitrogens is 1. The van der Waals surface area contributed by atoms with E-state index in [1.165, 1.54) is 44.4 Å². The van der Waals surface area contributed by atoms with Crippen molar-refractivity contribution in [3.63, 3.8) is 0 Å². The predicted octanol–water partition coefficient (Wildman–Crippen LogP) is 7.30. The summed E-state index contributed by atoms with van der Waals surface area (Å²) in [4.78, 5) is 6.74. The van der Waals surface area contributed by atoms with Crippen LogP contribution in [0.5, 0.6) is 5.75 Å². The second kappa shape index (κ2) is 10.6. The van der Waals surface area contributed by atoms with Crippen LogP contribution in [0, 0.1) is 5.92 Å². The zero-order chi connectivity index (χ0) is 31.8. The molecule has 1 atom stereocenters. The first-order chi connectivity index (χ1) is 23.7. The Bertz CT molecular complexity index is 2330. The van der Waals surface area contributed by atoms with Crippen LogP contribution in [0.2, 0.25) is 0 Å². The van der Waals surface area contributed by atoms with Gasteiger partial charge in [-0.05, 0) is 100 Å². The molecule has 0 spiro atoms. The van der Waals surface area contributed by atoms with Gasteiger partial charge in [0, 0.05) is 46.4 Å². The van der Waals surface area contributed by atoms with Gasteiger partial charge in [0.1, 0.15) is 11.5 Å².